The quantitative estimate of drug-likeness (QED) is 0.928. The molecule has 110 valence electrons. The molecule has 0 aromatic heterocycles. The number of benzene rings is 1. The van der Waals surface area contributed by atoms with E-state index in [1.807, 2.05) is 0 Å². The van der Waals surface area contributed by atoms with E-state index in [0.717, 1.165) is 24.8 Å². The van der Waals surface area contributed by atoms with Crippen molar-refractivity contribution in [2.45, 2.75) is 25.3 Å². The fourth-order valence-electron chi connectivity index (χ4n) is 2.36. The number of sulfonamides is 1. The van der Waals surface area contributed by atoms with Gasteiger partial charge in [0.1, 0.15) is 0 Å². The first-order valence-corrected chi connectivity index (χ1v) is 8.56. The largest absolute Gasteiger partial charge is 0.329 e. The summed E-state index contributed by atoms with van der Waals surface area (Å²) in [6.45, 7) is 0.920. The molecule has 1 aliphatic heterocycles. The van der Waals surface area contributed by atoms with Gasteiger partial charge in [0, 0.05) is 29.6 Å². The maximum Gasteiger partial charge on any atom is 0.236 e. The molecule has 1 unspecified atom stereocenters. The zero-order valence-electron chi connectivity index (χ0n) is 11.2. The van der Waals surface area contributed by atoms with Crippen LogP contribution >= 0.6 is 11.6 Å². The van der Waals surface area contributed by atoms with Gasteiger partial charge in [-0.2, -0.15) is 4.31 Å². The van der Waals surface area contributed by atoms with E-state index in [4.69, 9.17) is 17.3 Å². The lowest BCUT2D eigenvalue weighted by molar-refractivity contribution is 0.260. The standard InChI is InChI=1S/C14H19ClN2O2S/c15-13-6-4-12(5-7-13)8-10-20(18,19)17-9-2-1-3-14(17)11-16/h4-8,10,14H,1-3,9,11,16H2. The highest BCUT2D eigenvalue weighted by Crippen LogP contribution is 2.21. The van der Waals surface area contributed by atoms with E-state index in [0.29, 0.717) is 18.1 Å². The van der Waals surface area contributed by atoms with Crippen LogP contribution in [0, 0.1) is 0 Å². The Labute approximate surface area is 125 Å². The maximum absolute atomic E-state index is 12.4. The van der Waals surface area contributed by atoms with E-state index < -0.39 is 10.0 Å². The van der Waals surface area contributed by atoms with Gasteiger partial charge in [-0.25, -0.2) is 8.42 Å². The second-order valence-electron chi connectivity index (χ2n) is 4.90. The lowest BCUT2D eigenvalue weighted by Gasteiger charge is -2.32. The zero-order valence-corrected chi connectivity index (χ0v) is 12.8. The van der Waals surface area contributed by atoms with Gasteiger partial charge >= 0.3 is 0 Å². The molecule has 0 aliphatic carbocycles. The van der Waals surface area contributed by atoms with Crippen molar-refractivity contribution in [3.05, 3.63) is 40.3 Å². The van der Waals surface area contributed by atoms with Crippen molar-refractivity contribution in [2.75, 3.05) is 13.1 Å². The van der Waals surface area contributed by atoms with Gasteiger partial charge < -0.3 is 5.73 Å². The fraction of sp³-hybridized carbons (Fsp3) is 0.429. The highest BCUT2D eigenvalue weighted by molar-refractivity contribution is 7.92. The van der Waals surface area contributed by atoms with Crippen LogP contribution in [0.4, 0.5) is 0 Å². The molecule has 0 radical (unpaired) electrons. The summed E-state index contributed by atoms with van der Waals surface area (Å²) >= 11 is 5.80. The smallest absolute Gasteiger partial charge is 0.236 e. The van der Waals surface area contributed by atoms with Crippen molar-refractivity contribution in [2.24, 2.45) is 5.73 Å². The van der Waals surface area contributed by atoms with Crippen LogP contribution in [0.3, 0.4) is 0 Å². The molecular formula is C14H19ClN2O2S. The monoisotopic (exact) mass is 314 g/mol. The van der Waals surface area contributed by atoms with Gasteiger partial charge in [-0.05, 0) is 36.6 Å². The Balaban J connectivity index is 2.15. The number of hydrogen-bond acceptors (Lipinski definition) is 3. The first-order valence-electron chi connectivity index (χ1n) is 6.68. The van der Waals surface area contributed by atoms with E-state index in [1.165, 1.54) is 9.71 Å². The SMILES string of the molecule is NCC1CCCCN1S(=O)(=O)C=Cc1ccc(Cl)cc1. The Hall–Kier alpha value is -0.880. The van der Waals surface area contributed by atoms with Crippen LogP contribution in [-0.4, -0.2) is 31.9 Å². The van der Waals surface area contributed by atoms with Crippen molar-refractivity contribution in [3.63, 3.8) is 0 Å². The summed E-state index contributed by atoms with van der Waals surface area (Å²) in [4.78, 5) is 0. The molecule has 0 saturated carbocycles. The minimum absolute atomic E-state index is 0.0800. The average molecular weight is 315 g/mol. The number of rotatable bonds is 4. The molecule has 1 aromatic carbocycles. The second-order valence-corrected chi connectivity index (χ2v) is 7.10. The van der Waals surface area contributed by atoms with E-state index in [9.17, 15) is 8.42 Å². The molecule has 1 aromatic rings. The Morgan fingerprint density at radius 1 is 1.30 bits per heavy atom. The lowest BCUT2D eigenvalue weighted by atomic mass is 10.1. The van der Waals surface area contributed by atoms with Crippen LogP contribution < -0.4 is 5.73 Å². The number of piperidine rings is 1. The topological polar surface area (TPSA) is 63.4 Å². The predicted octanol–water partition coefficient (Wildman–Crippen LogP) is 2.45. The average Bonchev–Trinajstić information content (AvgIpc) is 2.46. The van der Waals surface area contributed by atoms with Crippen LogP contribution in [0.1, 0.15) is 24.8 Å². The molecule has 0 spiro atoms. The molecule has 1 heterocycles. The molecule has 1 saturated heterocycles. The van der Waals surface area contributed by atoms with Crippen molar-refractivity contribution in [1.82, 2.24) is 4.31 Å². The summed E-state index contributed by atoms with van der Waals surface area (Å²) in [5, 5.41) is 1.88. The Morgan fingerprint density at radius 2 is 2.00 bits per heavy atom. The maximum atomic E-state index is 12.4. The van der Waals surface area contributed by atoms with Crippen LogP contribution in [0.25, 0.3) is 6.08 Å². The molecule has 2 N–H and O–H groups in total. The third kappa shape index (κ3) is 3.82. The van der Waals surface area contributed by atoms with Gasteiger partial charge in [0.25, 0.3) is 0 Å². The van der Waals surface area contributed by atoms with Crippen molar-refractivity contribution < 1.29 is 8.42 Å². The predicted molar refractivity (Wildman–Crippen MR) is 82.8 cm³/mol. The number of halogens is 1. The van der Waals surface area contributed by atoms with Gasteiger partial charge in [0.2, 0.25) is 10.0 Å². The van der Waals surface area contributed by atoms with Crippen molar-refractivity contribution >= 4 is 27.7 Å². The molecule has 0 bridgehead atoms. The molecule has 6 heteroatoms. The van der Waals surface area contributed by atoms with Crippen LogP contribution in [-0.2, 0) is 10.0 Å². The highest BCUT2D eigenvalue weighted by atomic mass is 35.5. The van der Waals surface area contributed by atoms with Gasteiger partial charge in [-0.1, -0.05) is 30.2 Å². The second kappa shape index (κ2) is 6.72. The van der Waals surface area contributed by atoms with Gasteiger partial charge in [-0.15, -0.1) is 0 Å². The van der Waals surface area contributed by atoms with Gasteiger partial charge in [0.05, 0.1) is 0 Å². The molecule has 1 atom stereocenters. The van der Waals surface area contributed by atoms with Crippen LogP contribution in [0.5, 0.6) is 0 Å². The summed E-state index contributed by atoms with van der Waals surface area (Å²) in [7, 11) is -3.41. The summed E-state index contributed by atoms with van der Waals surface area (Å²) in [6, 6.07) is 6.95. The molecule has 20 heavy (non-hydrogen) atoms. The first-order chi connectivity index (χ1) is 9.53. The molecule has 2 rings (SSSR count). The van der Waals surface area contributed by atoms with Crippen LogP contribution in [0.15, 0.2) is 29.7 Å². The fourth-order valence-corrected chi connectivity index (χ4v) is 3.96. The Bertz CT molecular complexity index is 569. The normalized spacial score (nSPS) is 21.4. The highest BCUT2D eigenvalue weighted by Gasteiger charge is 2.29. The Morgan fingerprint density at radius 3 is 2.65 bits per heavy atom. The zero-order chi connectivity index (χ0) is 14.6. The molecular weight excluding hydrogens is 296 g/mol. The molecule has 0 amide bonds. The van der Waals surface area contributed by atoms with Gasteiger partial charge in [-0.3, -0.25) is 0 Å². The summed E-state index contributed by atoms with van der Waals surface area (Å²) < 4.78 is 26.2. The van der Waals surface area contributed by atoms with E-state index >= 15 is 0 Å². The molecule has 1 aliphatic rings. The minimum atomic E-state index is -3.41. The minimum Gasteiger partial charge on any atom is -0.329 e. The van der Waals surface area contributed by atoms with Crippen molar-refractivity contribution in [3.8, 4) is 0 Å². The first kappa shape index (κ1) is 15.5. The summed E-state index contributed by atoms with van der Waals surface area (Å²) in [6.07, 6.45) is 4.36. The summed E-state index contributed by atoms with van der Waals surface area (Å²) in [5.74, 6) is 0. The Kier molecular flexibility index (Phi) is 5.21. The van der Waals surface area contributed by atoms with Crippen LogP contribution in [0.2, 0.25) is 5.02 Å². The van der Waals surface area contributed by atoms with E-state index in [1.54, 1.807) is 30.3 Å². The summed E-state index contributed by atoms with van der Waals surface area (Å²) in [5.41, 5.74) is 6.47. The number of nitrogens with zero attached hydrogens (tertiary/aromatic N) is 1. The number of hydrogen-bond donors (Lipinski definition) is 1. The molecule has 4 nitrogen and oxygen atoms in total. The molecule has 1 fully saturated rings. The van der Waals surface area contributed by atoms with Gasteiger partial charge in [0.15, 0.2) is 0 Å². The third-order valence-corrected chi connectivity index (χ3v) is 5.34. The van der Waals surface area contributed by atoms with E-state index in [-0.39, 0.29) is 6.04 Å². The number of nitrogens with two attached hydrogens (primary N) is 1. The third-order valence-electron chi connectivity index (χ3n) is 3.47. The van der Waals surface area contributed by atoms with E-state index in [2.05, 4.69) is 0 Å². The lowest BCUT2D eigenvalue weighted by Crippen LogP contribution is -2.46. The van der Waals surface area contributed by atoms with Crippen molar-refractivity contribution in [1.29, 1.82) is 0 Å².